The van der Waals surface area contributed by atoms with Crippen molar-refractivity contribution in [2.45, 2.75) is 64.0 Å². The van der Waals surface area contributed by atoms with E-state index in [1.54, 1.807) is 0 Å². The number of hydrogen-bond donors (Lipinski definition) is 4. The first kappa shape index (κ1) is 18.4. The predicted octanol–water partition coefficient (Wildman–Crippen LogP) is 0.153. The van der Waals surface area contributed by atoms with E-state index in [9.17, 15) is 19.5 Å². The molecule has 1 unspecified atom stereocenters. The van der Waals surface area contributed by atoms with Crippen molar-refractivity contribution >= 4 is 17.8 Å². The van der Waals surface area contributed by atoms with Crippen LogP contribution in [0.25, 0.3) is 0 Å². The monoisotopic (exact) mass is 288 g/mol. The molecule has 0 aromatic heterocycles. The highest BCUT2D eigenvalue weighted by Gasteiger charge is 2.21. The maximum absolute atomic E-state index is 11.6. The second-order valence-corrected chi connectivity index (χ2v) is 4.82. The van der Waals surface area contributed by atoms with E-state index in [1.165, 1.54) is 0 Å². The number of carboxylic acid groups (broad SMARTS) is 1. The summed E-state index contributed by atoms with van der Waals surface area (Å²) in [6, 6.07) is -1.15. The van der Waals surface area contributed by atoms with E-state index in [0.717, 1.165) is 19.3 Å². The summed E-state index contributed by atoms with van der Waals surface area (Å²) in [6.45, 7) is 2.04. The van der Waals surface area contributed by atoms with Crippen LogP contribution in [0.3, 0.4) is 0 Å². The summed E-state index contributed by atoms with van der Waals surface area (Å²) in [5.74, 6) is -2.38. The fourth-order valence-electron chi connectivity index (χ4n) is 1.74. The first-order valence-corrected chi connectivity index (χ1v) is 6.85. The Bertz CT molecular complexity index is 333. The van der Waals surface area contributed by atoms with Crippen LogP contribution < -0.4 is 11.1 Å². The number of aliphatic hydroxyl groups excluding tert-OH is 1. The third kappa shape index (κ3) is 9.32. The summed E-state index contributed by atoms with van der Waals surface area (Å²) in [4.78, 5) is 33.1. The lowest BCUT2D eigenvalue weighted by Gasteiger charge is -2.15. The number of unbranched alkanes of at least 4 members (excludes halogenated alkanes) is 2. The van der Waals surface area contributed by atoms with Gasteiger partial charge in [0.2, 0.25) is 11.8 Å². The molecule has 5 N–H and O–H groups in total. The number of nitrogens with one attached hydrogen (secondary N) is 1. The van der Waals surface area contributed by atoms with Crippen LogP contribution in [0.4, 0.5) is 0 Å². The molecule has 0 spiro atoms. The number of nitrogens with two attached hydrogens (primary N) is 1. The molecule has 0 heterocycles. The molecule has 0 bridgehead atoms. The van der Waals surface area contributed by atoms with Gasteiger partial charge in [-0.05, 0) is 12.8 Å². The standard InChI is InChI=1S/C13H24N2O5/c1-2-3-4-5-9(16)8-12(18)15-10(13(19)20)6-7-11(14)17/h9-10,16H,2-8H2,1H3,(H2,14,17)(H,15,18)(H,19,20)/t9?,10-/m0/s1. The molecule has 7 heteroatoms. The molecule has 0 aliphatic heterocycles. The lowest BCUT2D eigenvalue weighted by Crippen LogP contribution is -2.42. The first-order chi connectivity index (χ1) is 9.36. The zero-order chi connectivity index (χ0) is 15.5. The molecule has 7 nitrogen and oxygen atoms in total. The minimum atomic E-state index is -1.22. The molecule has 0 aromatic carbocycles. The van der Waals surface area contributed by atoms with Crippen LogP contribution >= 0.6 is 0 Å². The average molecular weight is 288 g/mol. The van der Waals surface area contributed by atoms with Crippen molar-refractivity contribution in [1.82, 2.24) is 5.32 Å². The molecule has 0 aliphatic carbocycles. The van der Waals surface area contributed by atoms with E-state index < -0.39 is 29.9 Å². The summed E-state index contributed by atoms with van der Waals surface area (Å²) in [5.41, 5.74) is 4.94. The van der Waals surface area contributed by atoms with E-state index in [2.05, 4.69) is 5.32 Å². The smallest absolute Gasteiger partial charge is 0.326 e. The lowest BCUT2D eigenvalue weighted by molar-refractivity contribution is -0.142. The number of hydrogen-bond acceptors (Lipinski definition) is 4. The van der Waals surface area contributed by atoms with Crippen molar-refractivity contribution in [1.29, 1.82) is 0 Å². The van der Waals surface area contributed by atoms with Gasteiger partial charge in [0.15, 0.2) is 0 Å². The van der Waals surface area contributed by atoms with Crippen LogP contribution in [-0.2, 0) is 14.4 Å². The van der Waals surface area contributed by atoms with Gasteiger partial charge in [0, 0.05) is 6.42 Å². The predicted molar refractivity (Wildman–Crippen MR) is 72.8 cm³/mol. The van der Waals surface area contributed by atoms with Gasteiger partial charge in [-0.2, -0.15) is 0 Å². The van der Waals surface area contributed by atoms with E-state index in [1.807, 2.05) is 6.92 Å². The van der Waals surface area contributed by atoms with Gasteiger partial charge in [-0.1, -0.05) is 26.2 Å². The Labute approximate surface area is 118 Å². The molecule has 0 aliphatic rings. The van der Waals surface area contributed by atoms with Gasteiger partial charge < -0.3 is 21.3 Å². The molecule has 0 rings (SSSR count). The maximum atomic E-state index is 11.6. The molecule has 2 atom stereocenters. The summed E-state index contributed by atoms with van der Waals surface area (Å²) in [5, 5.41) is 20.8. The lowest BCUT2D eigenvalue weighted by atomic mass is 10.1. The van der Waals surface area contributed by atoms with Crippen molar-refractivity contribution < 1.29 is 24.6 Å². The molecular formula is C13H24N2O5. The summed E-state index contributed by atoms with van der Waals surface area (Å²) >= 11 is 0. The molecule has 0 saturated carbocycles. The Morgan fingerprint density at radius 1 is 1.20 bits per heavy atom. The number of aliphatic carboxylic acids is 1. The number of carboxylic acids is 1. The fourth-order valence-corrected chi connectivity index (χ4v) is 1.74. The van der Waals surface area contributed by atoms with Crippen LogP contribution in [-0.4, -0.2) is 40.1 Å². The Morgan fingerprint density at radius 2 is 1.85 bits per heavy atom. The van der Waals surface area contributed by atoms with Crippen LogP contribution in [0.1, 0.15) is 51.9 Å². The Balaban J connectivity index is 4.11. The van der Waals surface area contributed by atoms with Crippen molar-refractivity contribution in [2.75, 3.05) is 0 Å². The highest BCUT2D eigenvalue weighted by Crippen LogP contribution is 2.07. The van der Waals surface area contributed by atoms with Crippen molar-refractivity contribution in [3.8, 4) is 0 Å². The van der Waals surface area contributed by atoms with Crippen LogP contribution in [0, 0.1) is 0 Å². The second-order valence-electron chi connectivity index (χ2n) is 4.82. The normalized spacial score (nSPS) is 13.5. The van der Waals surface area contributed by atoms with E-state index >= 15 is 0 Å². The van der Waals surface area contributed by atoms with Gasteiger partial charge in [-0.3, -0.25) is 9.59 Å². The van der Waals surface area contributed by atoms with E-state index in [0.29, 0.717) is 6.42 Å². The third-order valence-electron chi connectivity index (χ3n) is 2.87. The van der Waals surface area contributed by atoms with Crippen molar-refractivity contribution in [3.63, 3.8) is 0 Å². The highest BCUT2D eigenvalue weighted by molar-refractivity contribution is 5.84. The number of rotatable bonds is 11. The SMILES string of the molecule is CCCCCC(O)CC(=O)N[C@@H](CCC(N)=O)C(=O)O. The van der Waals surface area contributed by atoms with Gasteiger partial charge in [0.25, 0.3) is 0 Å². The topological polar surface area (TPSA) is 130 Å². The minimum absolute atomic E-state index is 0.0532. The molecular weight excluding hydrogens is 264 g/mol. The maximum Gasteiger partial charge on any atom is 0.326 e. The molecule has 116 valence electrons. The van der Waals surface area contributed by atoms with Gasteiger partial charge in [-0.15, -0.1) is 0 Å². The zero-order valence-corrected chi connectivity index (χ0v) is 11.8. The minimum Gasteiger partial charge on any atom is -0.480 e. The summed E-state index contributed by atoms with van der Waals surface area (Å²) < 4.78 is 0. The molecule has 0 saturated heterocycles. The quantitative estimate of drug-likeness (QED) is 0.402. The summed E-state index contributed by atoms with van der Waals surface area (Å²) in [6.07, 6.45) is 2.27. The molecule has 2 amide bonds. The Morgan fingerprint density at radius 3 is 2.35 bits per heavy atom. The highest BCUT2D eigenvalue weighted by atomic mass is 16.4. The van der Waals surface area contributed by atoms with Gasteiger partial charge in [-0.25, -0.2) is 4.79 Å². The van der Waals surface area contributed by atoms with Crippen LogP contribution in [0.15, 0.2) is 0 Å². The van der Waals surface area contributed by atoms with Crippen molar-refractivity contribution in [3.05, 3.63) is 0 Å². The van der Waals surface area contributed by atoms with E-state index in [4.69, 9.17) is 10.8 Å². The molecule has 0 aromatic rings. The first-order valence-electron chi connectivity index (χ1n) is 6.85. The van der Waals surface area contributed by atoms with Crippen molar-refractivity contribution in [2.24, 2.45) is 5.73 Å². The molecule has 0 fully saturated rings. The van der Waals surface area contributed by atoms with Gasteiger partial charge in [0.1, 0.15) is 6.04 Å². The largest absolute Gasteiger partial charge is 0.480 e. The number of amides is 2. The number of aliphatic hydroxyl groups is 1. The fraction of sp³-hybridized carbons (Fsp3) is 0.769. The average Bonchev–Trinajstić information content (AvgIpc) is 2.34. The van der Waals surface area contributed by atoms with Gasteiger partial charge in [0.05, 0.1) is 12.5 Å². The molecule has 20 heavy (non-hydrogen) atoms. The van der Waals surface area contributed by atoms with Crippen LogP contribution in [0.5, 0.6) is 0 Å². The zero-order valence-electron chi connectivity index (χ0n) is 11.8. The van der Waals surface area contributed by atoms with E-state index in [-0.39, 0.29) is 19.3 Å². The molecule has 0 radical (unpaired) electrons. The second kappa shape index (κ2) is 10.2. The number of carbonyl (C=O) groups is 3. The Kier molecular flexibility index (Phi) is 9.36. The van der Waals surface area contributed by atoms with Crippen LogP contribution in [0.2, 0.25) is 0 Å². The number of primary amides is 1. The number of carbonyl (C=O) groups excluding carboxylic acids is 2. The third-order valence-corrected chi connectivity index (χ3v) is 2.87. The Hall–Kier alpha value is -1.63. The summed E-state index contributed by atoms with van der Waals surface area (Å²) in [7, 11) is 0. The van der Waals surface area contributed by atoms with Gasteiger partial charge >= 0.3 is 5.97 Å².